The van der Waals surface area contributed by atoms with Gasteiger partial charge in [0.2, 0.25) is 0 Å². The Morgan fingerprint density at radius 3 is 1.59 bits per heavy atom. The van der Waals surface area contributed by atoms with Crippen LogP contribution in [0.15, 0.2) is 0 Å². The Hall–Kier alpha value is -2.56. The van der Waals surface area contributed by atoms with Crippen LogP contribution in [0.5, 0.6) is 0 Å². The summed E-state index contributed by atoms with van der Waals surface area (Å²) in [5.41, 5.74) is 0. The van der Waals surface area contributed by atoms with Crippen LogP contribution in [0.25, 0.3) is 0 Å². The van der Waals surface area contributed by atoms with Gasteiger partial charge in [-0.15, -0.1) is 0 Å². The van der Waals surface area contributed by atoms with E-state index in [9.17, 15) is 54.9 Å². The number of aliphatic hydroxyl groups is 7. The molecule has 0 saturated carbocycles. The molecule has 2 fully saturated rings. The van der Waals surface area contributed by atoms with Crippen LogP contribution in [0.3, 0.4) is 0 Å². The molecule has 2 rings (SSSR count). The first-order valence-electron chi connectivity index (χ1n) is 21.1. The quantitative estimate of drug-likeness (QED) is 0.0285. The number of carbonyl (C=O) groups excluding carboxylic acids is 3. The second-order valence-electron chi connectivity index (χ2n) is 15.6. The van der Waals surface area contributed by atoms with Crippen LogP contribution in [0.1, 0.15) is 130 Å². The molecule has 0 aromatic heterocycles. The third-order valence-corrected chi connectivity index (χ3v) is 10.2. The lowest BCUT2D eigenvalue weighted by atomic mass is 9.96. The molecular formula is C40H70O19. The lowest BCUT2D eigenvalue weighted by molar-refractivity contribution is -0.361. The number of aliphatic hydroxyl groups excluding tert-OH is 7. The highest BCUT2D eigenvalue weighted by Gasteiger charge is 2.53. The van der Waals surface area contributed by atoms with E-state index in [0.29, 0.717) is 32.1 Å². The molecule has 8 N–H and O–H groups in total. The highest BCUT2D eigenvalue weighted by atomic mass is 16.8. The molecule has 2 aliphatic heterocycles. The van der Waals surface area contributed by atoms with E-state index in [-0.39, 0.29) is 13.0 Å². The average Bonchev–Trinajstić information content (AvgIpc) is 3.16. The fourth-order valence-corrected chi connectivity index (χ4v) is 6.89. The van der Waals surface area contributed by atoms with Crippen molar-refractivity contribution in [3.63, 3.8) is 0 Å². The van der Waals surface area contributed by atoms with Crippen molar-refractivity contribution in [2.45, 2.75) is 210 Å². The molecule has 2 saturated heterocycles. The van der Waals surface area contributed by atoms with E-state index in [1.807, 2.05) is 6.92 Å². The summed E-state index contributed by atoms with van der Waals surface area (Å²) in [6.07, 6.45) is -8.11. The fraction of sp³-hybridized carbons (Fsp3) is 0.900. The Labute approximate surface area is 346 Å². The van der Waals surface area contributed by atoms with Gasteiger partial charge in [0.05, 0.1) is 37.8 Å². The molecule has 59 heavy (non-hydrogen) atoms. The topological polar surface area (TPSA) is 295 Å². The minimum Gasteiger partial charge on any atom is -0.481 e. The first-order valence-corrected chi connectivity index (χ1v) is 21.1. The first-order chi connectivity index (χ1) is 28.0. The molecule has 2 aliphatic rings. The molecule has 0 spiro atoms. The molecule has 0 bridgehead atoms. The summed E-state index contributed by atoms with van der Waals surface area (Å²) in [5, 5.41) is 83.5. The lowest BCUT2D eigenvalue weighted by Gasteiger charge is -2.46. The van der Waals surface area contributed by atoms with Gasteiger partial charge >= 0.3 is 23.9 Å². The number of unbranched alkanes of at least 4 members (excludes halogenated alkanes) is 10. The molecule has 0 aromatic carbocycles. The van der Waals surface area contributed by atoms with E-state index in [0.717, 1.165) is 78.1 Å². The van der Waals surface area contributed by atoms with Crippen molar-refractivity contribution in [1.82, 2.24) is 0 Å². The van der Waals surface area contributed by atoms with Crippen LogP contribution in [-0.4, -0.2) is 164 Å². The molecule has 13 atom stereocenters. The summed E-state index contributed by atoms with van der Waals surface area (Å²) < 4.78 is 38.8. The molecule has 19 heteroatoms. The first kappa shape index (κ1) is 52.6. The van der Waals surface area contributed by atoms with Crippen molar-refractivity contribution in [3.8, 4) is 0 Å². The summed E-state index contributed by atoms with van der Waals surface area (Å²) in [6.45, 7) is 2.89. The number of hydrogen-bond donors (Lipinski definition) is 8. The minimum atomic E-state index is -1.87. The van der Waals surface area contributed by atoms with Crippen molar-refractivity contribution in [3.05, 3.63) is 0 Å². The van der Waals surface area contributed by atoms with Crippen LogP contribution < -0.4 is 0 Å². The number of aliphatic carboxylic acids is 1. The van der Waals surface area contributed by atoms with Gasteiger partial charge in [0.1, 0.15) is 55.9 Å². The molecule has 344 valence electrons. The number of rotatable bonds is 30. The average molecular weight is 855 g/mol. The number of carboxylic acids is 1. The third-order valence-electron chi connectivity index (χ3n) is 10.2. The fourth-order valence-electron chi connectivity index (χ4n) is 6.89. The zero-order chi connectivity index (χ0) is 43.9. The molecule has 2 heterocycles. The molecule has 0 aliphatic carbocycles. The Morgan fingerprint density at radius 1 is 0.576 bits per heavy atom. The van der Waals surface area contributed by atoms with Crippen LogP contribution >= 0.6 is 0 Å². The normalized spacial score (nSPS) is 28.6. The Balaban J connectivity index is 1.97. The van der Waals surface area contributed by atoms with Crippen LogP contribution in [0, 0.1) is 0 Å². The number of ether oxygens (including phenoxy) is 7. The van der Waals surface area contributed by atoms with Gasteiger partial charge in [-0.3, -0.25) is 19.2 Å². The zero-order valence-corrected chi connectivity index (χ0v) is 34.7. The number of carboxylic acid groups (broad SMARTS) is 1. The van der Waals surface area contributed by atoms with Gasteiger partial charge in [0.15, 0.2) is 18.7 Å². The Morgan fingerprint density at radius 2 is 1.05 bits per heavy atom. The van der Waals surface area contributed by atoms with Crippen molar-refractivity contribution in [2.24, 2.45) is 0 Å². The standard InChI is InChI=1S/C40H70O19/c1-4-5-13-16-27(44)20-32(48)58-38-34(50)33(49)29(22-53-24(2)41)56-40(38)59-37-30(23-54-25(3)42)57-39(36(52)35(37)51)55-21-28(45)18-15-12-10-8-6-7-9-11-14-17-26(43)19-31(46)47/h26-30,33-40,43-45,49-52H,4-23H2,1-3H3,(H,46,47)/t26-,27-,28+,29+,30+,33+,34-,35+,36+,37+,38+,39+,40-/m0/s1. The van der Waals surface area contributed by atoms with E-state index in [2.05, 4.69) is 0 Å². The molecular weight excluding hydrogens is 784 g/mol. The van der Waals surface area contributed by atoms with Crippen LogP contribution in [0.2, 0.25) is 0 Å². The second-order valence-corrected chi connectivity index (χ2v) is 15.6. The van der Waals surface area contributed by atoms with Gasteiger partial charge in [-0.2, -0.15) is 0 Å². The predicted octanol–water partition coefficient (Wildman–Crippen LogP) is 1.14. The monoisotopic (exact) mass is 854 g/mol. The van der Waals surface area contributed by atoms with Gasteiger partial charge in [-0.25, -0.2) is 0 Å². The van der Waals surface area contributed by atoms with Gasteiger partial charge in [0, 0.05) is 13.8 Å². The number of esters is 3. The highest BCUT2D eigenvalue weighted by Crippen LogP contribution is 2.32. The molecule has 0 aromatic rings. The predicted molar refractivity (Wildman–Crippen MR) is 205 cm³/mol. The van der Waals surface area contributed by atoms with E-state index in [1.165, 1.54) is 0 Å². The summed E-state index contributed by atoms with van der Waals surface area (Å²) in [7, 11) is 0. The second kappa shape index (κ2) is 28.9. The lowest BCUT2D eigenvalue weighted by Crippen LogP contribution is -2.65. The summed E-state index contributed by atoms with van der Waals surface area (Å²) in [4.78, 5) is 46.8. The van der Waals surface area contributed by atoms with Crippen molar-refractivity contribution >= 4 is 23.9 Å². The molecule has 0 radical (unpaired) electrons. The Bertz CT molecular complexity index is 1210. The Kier molecular flexibility index (Phi) is 25.7. The van der Waals surface area contributed by atoms with E-state index >= 15 is 0 Å². The summed E-state index contributed by atoms with van der Waals surface area (Å²) in [5.74, 6) is -3.40. The summed E-state index contributed by atoms with van der Waals surface area (Å²) >= 11 is 0. The van der Waals surface area contributed by atoms with Gasteiger partial charge in [0.25, 0.3) is 0 Å². The van der Waals surface area contributed by atoms with Crippen molar-refractivity contribution < 1.29 is 93.2 Å². The number of hydrogen-bond acceptors (Lipinski definition) is 18. The SMILES string of the molecule is CCCCC[C@H](O)CC(=O)O[C@H]1[C@H](O[C@H]2[C@H](O)[C@@H](O)[C@H](OC[C@H](O)CCCCCCCCCCC[C@H](O)CC(=O)O)O[C@@H]2COC(C)=O)O[C@H](COC(C)=O)[C@@H](O)[C@@H]1O. The third kappa shape index (κ3) is 20.7. The van der Waals surface area contributed by atoms with Gasteiger partial charge < -0.3 is 74.0 Å². The maximum absolute atomic E-state index is 12.9. The highest BCUT2D eigenvalue weighted by molar-refractivity contribution is 5.70. The van der Waals surface area contributed by atoms with Gasteiger partial charge in [-0.05, 0) is 19.3 Å². The van der Waals surface area contributed by atoms with Gasteiger partial charge in [-0.1, -0.05) is 84.0 Å². The molecule has 0 amide bonds. The molecule has 0 unspecified atom stereocenters. The smallest absolute Gasteiger partial charge is 0.308 e. The van der Waals surface area contributed by atoms with Crippen molar-refractivity contribution in [1.29, 1.82) is 0 Å². The van der Waals surface area contributed by atoms with E-state index < -0.39 is 123 Å². The van der Waals surface area contributed by atoms with Crippen LogP contribution in [-0.2, 0) is 52.3 Å². The van der Waals surface area contributed by atoms with Crippen molar-refractivity contribution in [2.75, 3.05) is 19.8 Å². The van der Waals surface area contributed by atoms with E-state index in [4.69, 9.17) is 38.3 Å². The summed E-state index contributed by atoms with van der Waals surface area (Å²) in [6, 6.07) is 0. The van der Waals surface area contributed by atoms with E-state index in [1.54, 1.807) is 0 Å². The maximum Gasteiger partial charge on any atom is 0.308 e. The van der Waals surface area contributed by atoms with Crippen LogP contribution in [0.4, 0.5) is 0 Å². The minimum absolute atomic E-state index is 0.231. The zero-order valence-electron chi connectivity index (χ0n) is 34.7. The largest absolute Gasteiger partial charge is 0.481 e. The molecule has 19 nitrogen and oxygen atoms in total. The maximum atomic E-state index is 12.9. The number of carbonyl (C=O) groups is 4.